The third-order valence-corrected chi connectivity index (χ3v) is 10.5. The zero-order valence-corrected chi connectivity index (χ0v) is 29.1. The SMILES string of the molecule is c1ccc2oc(-c3ccc(N(c4ccc(-c5cccc6c5oc5ccccc56)cc4)c4ccc(-c5cccc6c5oc5ccccc56)cc4)cc3)cc2c1. The topological polar surface area (TPSA) is 42.7 Å². The highest BCUT2D eigenvalue weighted by Crippen LogP contribution is 2.41. The Bertz CT molecular complexity index is 2950. The molecule has 3 heterocycles. The van der Waals surface area contributed by atoms with Gasteiger partial charge in [-0.05, 0) is 83.9 Å². The summed E-state index contributed by atoms with van der Waals surface area (Å²) in [6.07, 6.45) is 0. The summed E-state index contributed by atoms with van der Waals surface area (Å²) in [5.74, 6) is 0.850. The smallest absolute Gasteiger partial charge is 0.143 e. The van der Waals surface area contributed by atoms with Crippen molar-refractivity contribution < 1.29 is 13.3 Å². The van der Waals surface area contributed by atoms with E-state index in [-0.39, 0.29) is 0 Å². The first-order valence-electron chi connectivity index (χ1n) is 18.2. The van der Waals surface area contributed by atoms with Crippen LogP contribution < -0.4 is 4.90 Å². The Morgan fingerprint density at radius 2 is 0.741 bits per heavy atom. The predicted octanol–water partition coefficient (Wildman–Crippen LogP) is 14.7. The maximum absolute atomic E-state index is 6.39. The quantitative estimate of drug-likeness (QED) is 0.174. The van der Waals surface area contributed by atoms with Gasteiger partial charge in [-0.2, -0.15) is 0 Å². The molecule has 0 atom stereocenters. The number of rotatable bonds is 6. The Hall–Kier alpha value is -7.30. The van der Waals surface area contributed by atoms with Crippen molar-refractivity contribution in [1.29, 1.82) is 0 Å². The molecule has 11 rings (SSSR count). The highest BCUT2D eigenvalue weighted by atomic mass is 16.3. The molecule has 0 spiro atoms. The molecule has 0 radical (unpaired) electrons. The monoisotopic (exact) mass is 693 g/mol. The lowest BCUT2D eigenvalue weighted by molar-refractivity contribution is 0.631. The molecule has 4 nitrogen and oxygen atoms in total. The van der Waals surface area contributed by atoms with Crippen LogP contribution in [0, 0.1) is 0 Å². The summed E-state index contributed by atoms with van der Waals surface area (Å²) in [4.78, 5) is 2.29. The van der Waals surface area contributed by atoms with Crippen LogP contribution in [-0.2, 0) is 0 Å². The number of anilines is 3. The van der Waals surface area contributed by atoms with E-state index in [0.717, 1.165) is 105 Å². The van der Waals surface area contributed by atoms with Crippen molar-refractivity contribution in [2.75, 3.05) is 4.90 Å². The first kappa shape index (κ1) is 30.3. The van der Waals surface area contributed by atoms with E-state index in [1.165, 1.54) is 0 Å². The van der Waals surface area contributed by atoms with Crippen molar-refractivity contribution >= 4 is 71.9 Å². The van der Waals surface area contributed by atoms with Gasteiger partial charge in [0.05, 0.1) is 0 Å². The average Bonchev–Trinajstić information content (AvgIpc) is 3.95. The summed E-state index contributed by atoms with van der Waals surface area (Å²) in [6.45, 7) is 0. The van der Waals surface area contributed by atoms with Gasteiger partial charge in [0.1, 0.15) is 33.7 Å². The molecule has 0 unspecified atom stereocenters. The number of para-hydroxylation sites is 5. The minimum absolute atomic E-state index is 0.850. The lowest BCUT2D eigenvalue weighted by Gasteiger charge is -2.26. The molecule has 0 saturated carbocycles. The summed E-state index contributed by atoms with van der Waals surface area (Å²) in [5.41, 5.74) is 13.0. The molecule has 11 aromatic rings. The Balaban J connectivity index is 0.998. The summed E-state index contributed by atoms with van der Waals surface area (Å²) in [7, 11) is 0. The largest absolute Gasteiger partial charge is 0.456 e. The first-order chi connectivity index (χ1) is 26.7. The fourth-order valence-electron chi connectivity index (χ4n) is 7.88. The summed E-state index contributed by atoms with van der Waals surface area (Å²) in [6, 6.07) is 65.5. The summed E-state index contributed by atoms with van der Waals surface area (Å²) in [5, 5.41) is 5.59. The van der Waals surface area contributed by atoms with Crippen molar-refractivity contribution in [3.63, 3.8) is 0 Å². The second-order valence-electron chi connectivity index (χ2n) is 13.7. The van der Waals surface area contributed by atoms with Crippen molar-refractivity contribution in [3.8, 4) is 33.6 Å². The van der Waals surface area contributed by atoms with E-state index in [1.807, 2.05) is 42.5 Å². The second-order valence-corrected chi connectivity index (χ2v) is 13.7. The molecule has 0 N–H and O–H groups in total. The standard InChI is InChI=1S/C50H31NO3/c1-4-16-45-35(9-1)31-48(52-45)34-23-29-38(30-24-34)51(36-25-19-32(20-26-36)39-12-7-14-43-41-10-2-5-17-46(41)53-49(39)43)37-27-21-33(22-28-37)40-13-8-15-44-42-11-3-6-18-47(42)54-50(40)44/h1-31H. The lowest BCUT2D eigenvalue weighted by atomic mass is 10.0. The zero-order valence-electron chi connectivity index (χ0n) is 29.1. The average molecular weight is 694 g/mol. The van der Waals surface area contributed by atoms with Gasteiger partial charge in [-0.15, -0.1) is 0 Å². The minimum atomic E-state index is 0.850. The fraction of sp³-hybridized carbons (Fsp3) is 0. The lowest BCUT2D eigenvalue weighted by Crippen LogP contribution is -2.09. The first-order valence-corrected chi connectivity index (χ1v) is 18.2. The third-order valence-electron chi connectivity index (χ3n) is 10.5. The molecule has 0 fully saturated rings. The van der Waals surface area contributed by atoms with Crippen LogP contribution in [-0.4, -0.2) is 0 Å². The van der Waals surface area contributed by atoms with Crippen molar-refractivity contribution in [1.82, 2.24) is 0 Å². The Morgan fingerprint density at radius 1 is 0.315 bits per heavy atom. The van der Waals surface area contributed by atoms with Crippen LogP contribution >= 0.6 is 0 Å². The number of hydrogen-bond acceptors (Lipinski definition) is 4. The number of furan rings is 3. The highest BCUT2D eigenvalue weighted by molar-refractivity contribution is 6.10. The van der Waals surface area contributed by atoms with Gasteiger partial charge in [-0.1, -0.05) is 115 Å². The van der Waals surface area contributed by atoms with Crippen molar-refractivity contribution in [2.24, 2.45) is 0 Å². The third kappa shape index (κ3) is 4.92. The van der Waals surface area contributed by atoms with Gasteiger partial charge < -0.3 is 18.2 Å². The Labute approximate surface area is 310 Å². The summed E-state index contributed by atoms with van der Waals surface area (Å²) < 4.78 is 19.0. The highest BCUT2D eigenvalue weighted by Gasteiger charge is 2.18. The van der Waals surface area contributed by atoms with E-state index >= 15 is 0 Å². The van der Waals surface area contributed by atoms with Crippen LogP contribution in [0.5, 0.6) is 0 Å². The Morgan fingerprint density at radius 3 is 1.24 bits per heavy atom. The molecule has 8 aromatic carbocycles. The van der Waals surface area contributed by atoms with Crippen molar-refractivity contribution in [2.45, 2.75) is 0 Å². The van der Waals surface area contributed by atoms with E-state index in [2.05, 4.69) is 150 Å². The van der Waals surface area contributed by atoms with Crippen LogP contribution in [0.2, 0.25) is 0 Å². The molecule has 0 aliphatic heterocycles. The molecule has 254 valence electrons. The molecule has 4 heteroatoms. The van der Waals surface area contributed by atoms with Crippen LogP contribution in [0.1, 0.15) is 0 Å². The van der Waals surface area contributed by atoms with Gasteiger partial charge in [-0.3, -0.25) is 0 Å². The molecular weight excluding hydrogens is 663 g/mol. The number of fused-ring (bicyclic) bond motifs is 7. The molecule has 0 aliphatic rings. The maximum atomic E-state index is 6.39. The van der Waals surface area contributed by atoms with Crippen LogP contribution in [0.3, 0.4) is 0 Å². The molecular formula is C50H31NO3. The zero-order chi connectivity index (χ0) is 35.6. The van der Waals surface area contributed by atoms with Crippen LogP contribution in [0.25, 0.3) is 88.4 Å². The molecule has 0 amide bonds. The maximum Gasteiger partial charge on any atom is 0.143 e. The molecule has 0 saturated heterocycles. The molecule has 0 bridgehead atoms. The number of nitrogens with zero attached hydrogens (tertiary/aromatic N) is 1. The van der Waals surface area contributed by atoms with Gasteiger partial charge in [0.25, 0.3) is 0 Å². The van der Waals surface area contributed by atoms with Gasteiger partial charge in [-0.25, -0.2) is 0 Å². The number of hydrogen-bond donors (Lipinski definition) is 0. The van der Waals surface area contributed by atoms with Crippen LogP contribution in [0.4, 0.5) is 17.1 Å². The van der Waals surface area contributed by atoms with Gasteiger partial charge in [0.15, 0.2) is 0 Å². The number of benzene rings is 8. The fourth-order valence-corrected chi connectivity index (χ4v) is 7.88. The van der Waals surface area contributed by atoms with E-state index in [4.69, 9.17) is 13.3 Å². The summed E-state index contributed by atoms with van der Waals surface area (Å²) >= 11 is 0. The van der Waals surface area contributed by atoms with E-state index in [0.29, 0.717) is 0 Å². The van der Waals surface area contributed by atoms with E-state index in [9.17, 15) is 0 Å². The van der Waals surface area contributed by atoms with Gasteiger partial charge in [0.2, 0.25) is 0 Å². The van der Waals surface area contributed by atoms with E-state index < -0.39 is 0 Å². The van der Waals surface area contributed by atoms with Gasteiger partial charge >= 0.3 is 0 Å². The molecule has 0 aliphatic carbocycles. The van der Waals surface area contributed by atoms with Gasteiger partial charge in [0, 0.05) is 60.7 Å². The van der Waals surface area contributed by atoms with Crippen LogP contribution in [0.15, 0.2) is 201 Å². The van der Waals surface area contributed by atoms with E-state index in [1.54, 1.807) is 0 Å². The van der Waals surface area contributed by atoms with Crippen molar-refractivity contribution in [3.05, 3.63) is 188 Å². The molecule has 3 aromatic heterocycles. The predicted molar refractivity (Wildman–Crippen MR) is 222 cm³/mol. The Kier molecular flexibility index (Phi) is 6.82. The second kappa shape index (κ2) is 12.1. The minimum Gasteiger partial charge on any atom is -0.456 e. The molecule has 54 heavy (non-hydrogen) atoms. The normalized spacial score (nSPS) is 11.7.